The van der Waals surface area contributed by atoms with Crippen molar-refractivity contribution in [1.82, 2.24) is 30.1 Å². The quantitative estimate of drug-likeness (QED) is 0.298. The number of hydrogen-bond donors (Lipinski definition) is 3. The lowest BCUT2D eigenvalue weighted by Crippen LogP contribution is -2.42. The number of hydrogen-bond acceptors (Lipinski definition) is 9. The molecular formula is C28H31FN8O3. The molecule has 1 fully saturated rings. The molecule has 1 aliphatic rings. The molecule has 4 aromatic heterocycles. The molecule has 4 heterocycles. The van der Waals surface area contributed by atoms with Crippen LogP contribution in [0.15, 0.2) is 41.2 Å². The van der Waals surface area contributed by atoms with E-state index in [0.717, 1.165) is 37.0 Å². The molecule has 0 radical (unpaired) electrons. The minimum absolute atomic E-state index is 0.0803. The number of nitrogens with zero attached hydrogens (tertiary/aromatic N) is 6. The van der Waals surface area contributed by atoms with E-state index < -0.39 is 17.7 Å². The Morgan fingerprint density at radius 1 is 1.27 bits per heavy atom. The van der Waals surface area contributed by atoms with Gasteiger partial charge >= 0.3 is 0 Å². The van der Waals surface area contributed by atoms with E-state index in [4.69, 9.17) is 4.52 Å². The second-order valence-corrected chi connectivity index (χ2v) is 10.7. The van der Waals surface area contributed by atoms with Crippen molar-refractivity contribution in [3.05, 3.63) is 59.5 Å². The van der Waals surface area contributed by atoms with E-state index in [2.05, 4.69) is 36.9 Å². The average Bonchev–Trinajstić information content (AvgIpc) is 3.57. The molecule has 0 saturated heterocycles. The van der Waals surface area contributed by atoms with Gasteiger partial charge in [0.25, 0.3) is 5.91 Å². The number of aromatic nitrogens is 5. The molecule has 208 valence electrons. The molecule has 1 atom stereocenters. The zero-order valence-electron chi connectivity index (χ0n) is 22.6. The van der Waals surface area contributed by atoms with Crippen LogP contribution in [0.2, 0.25) is 0 Å². The van der Waals surface area contributed by atoms with Gasteiger partial charge in [-0.3, -0.25) is 9.78 Å². The van der Waals surface area contributed by atoms with Crippen LogP contribution < -0.4 is 10.6 Å². The highest BCUT2D eigenvalue weighted by Crippen LogP contribution is 2.34. The number of anilines is 1. The predicted molar refractivity (Wildman–Crippen MR) is 144 cm³/mol. The predicted octanol–water partition coefficient (Wildman–Crippen LogP) is 3.94. The highest BCUT2D eigenvalue weighted by atomic mass is 19.1. The molecule has 11 nitrogen and oxygen atoms in total. The number of aliphatic hydroxyl groups is 1. The second-order valence-electron chi connectivity index (χ2n) is 10.7. The molecule has 0 bridgehead atoms. The molecule has 40 heavy (non-hydrogen) atoms. The van der Waals surface area contributed by atoms with Gasteiger partial charge < -0.3 is 20.3 Å². The molecule has 4 aromatic rings. The maximum absolute atomic E-state index is 14.3. The Morgan fingerprint density at radius 3 is 2.73 bits per heavy atom. The third-order valence-electron chi connectivity index (χ3n) is 7.24. The monoisotopic (exact) mass is 546 g/mol. The first-order valence-electron chi connectivity index (χ1n) is 13.2. The molecule has 1 amide bonds. The summed E-state index contributed by atoms with van der Waals surface area (Å²) in [6, 6.07) is 9.38. The van der Waals surface area contributed by atoms with E-state index in [0.29, 0.717) is 28.5 Å². The van der Waals surface area contributed by atoms with Crippen molar-refractivity contribution >= 4 is 17.1 Å². The van der Waals surface area contributed by atoms with E-state index in [9.17, 15) is 19.6 Å². The van der Waals surface area contributed by atoms with Crippen LogP contribution in [0, 0.1) is 18.3 Å². The number of fused-ring (bicyclic) bond motifs is 1. The molecule has 5 rings (SSSR count). The van der Waals surface area contributed by atoms with Crippen molar-refractivity contribution in [2.75, 3.05) is 11.9 Å². The zero-order valence-corrected chi connectivity index (χ0v) is 22.6. The van der Waals surface area contributed by atoms with Gasteiger partial charge in [-0.25, -0.2) is 8.91 Å². The van der Waals surface area contributed by atoms with Crippen LogP contribution in [0.4, 0.5) is 10.1 Å². The van der Waals surface area contributed by atoms with Gasteiger partial charge in [-0.2, -0.15) is 15.3 Å². The van der Waals surface area contributed by atoms with Gasteiger partial charge in [0.2, 0.25) is 5.89 Å². The number of rotatable bonds is 8. The summed E-state index contributed by atoms with van der Waals surface area (Å²) in [6.45, 7) is 4.15. The number of aryl methyl sites for hydroxylation is 1. The minimum atomic E-state index is -1.64. The molecular weight excluding hydrogens is 515 g/mol. The molecule has 1 aliphatic carbocycles. The van der Waals surface area contributed by atoms with Gasteiger partial charge in [0.05, 0.1) is 52.1 Å². The maximum Gasteiger partial charge on any atom is 0.255 e. The molecule has 0 spiro atoms. The smallest absolute Gasteiger partial charge is 0.255 e. The summed E-state index contributed by atoms with van der Waals surface area (Å²) < 4.78 is 21.2. The normalized spacial score (nSPS) is 18.3. The number of nitrogens with one attached hydrogen (secondary N) is 2. The van der Waals surface area contributed by atoms with E-state index >= 15 is 0 Å². The molecule has 3 N–H and O–H groups in total. The summed E-state index contributed by atoms with van der Waals surface area (Å²) >= 11 is 0. The highest BCUT2D eigenvalue weighted by Gasteiger charge is 2.29. The van der Waals surface area contributed by atoms with Crippen LogP contribution >= 0.6 is 0 Å². The third kappa shape index (κ3) is 5.79. The van der Waals surface area contributed by atoms with Crippen molar-refractivity contribution in [2.45, 2.75) is 70.2 Å². The van der Waals surface area contributed by atoms with E-state index in [1.165, 1.54) is 26.2 Å². The summed E-state index contributed by atoms with van der Waals surface area (Å²) in [7, 11) is 0. The summed E-state index contributed by atoms with van der Waals surface area (Å²) in [6.07, 6.45) is 4.68. The lowest BCUT2D eigenvalue weighted by atomic mass is 9.85. The van der Waals surface area contributed by atoms with Gasteiger partial charge in [0.1, 0.15) is 12.2 Å². The van der Waals surface area contributed by atoms with Gasteiger partial charge in [0.15, 0.2) is 5.82 Å². The Balaban J connectivity index is 1.40. The minimum Gasteiger partial charge on any atom is -0.387 e. The Morgan fingerprint density at radius 2 is 2.05 bits per heavy atom. The van der Waals surface area contributed by atoms with Crippen molar-refractivity contribution in [2.24, 2.45) is 0 Å². The highest BCUT2D eigenvalue weighted by molar-refractivity contribution is 6.00. The fourth-order valence-electron chi connectivity index (χ4n) is 4.87. The standard InChI is InChI=1S/C28H31FN8O3/c1-16-34-26(36-40-16)18-4-6-19(7-5-18)35-22-11-23(24-9-8-20-10-17(12-30)13-33-37(20)24)31-14-21(22)27(38)32-15-25(29)28(2,3)39/h8-11,13-14,18-19,25,39H,4-7,15H2,1-3H3,(H,31,35)(H,32,38)/t18-,19-,25-/m1/s1. The summed E-state index contributed by atoms with van der Waals surface area (Å²) in [5, 5.41) is 33.6. The van der Waals surface area contributed by atoms with Gasteiger partial charge in [-0.15, -0.1) is 0 Å². The number of nitriles is 1. The number of pyridine rings is 1. The molecule has 1 saturated carbocycles. The number of halogens is 1. The number of alkyl halides is 1. The number of carbonyl (C=O) groups is 1. The van der Waals surface area contributed by atoms with E-state index in [1.54, 1.807) is 23.6 Å². The van der Waals surface area contributed by atoms with Crippen LogP contribution in [-0.4, -0.2) is 60.1 Å². The Kier molecular flexibility index (Phi) is 7.49. The van der Waals surface area contributed by atoms with Crippen LogP contribution in [-0.2, 0) is 0 Å². The SMILES string of the molecule is Cc1nc([C@H]2CC[C@H](Nc3cc(-c4ccc5cc(C#N)cnn45)ncc3C(=O)NC[C@@H](F)C(C)(C)O)CC2)no1. The first kappa shape index (κ1) is 27.2. The molecule has 0 aliphatic heterocycles. The lowest BCUT2D eigenvalue weighted by molar-refractivity contribution is -0.00177. The van der Waals surface area contributed by atoms with Crippen LogP contribution in [0.25, 0.3) is 16.9 Å². The third-order valence-corrected chi connectivity index (χ3v) is 7.24. The van der Waals surface area contributed by atoms with Crippen LogP contribution in [0.3, 0.4) is 0 Å². The van der Waals surface area contributed by atoms with E-state index in [-0.39, 0.29) is 24.1 Å². The Bertz CT molecular complexity index is 1560. The zero-order chi connectivity index (χ0) is 28.4. The van der Waals surface area contributed by atoms with Crippen molar-refractivity contribution in [1.29, 1.82) is 5.26 Å². The first-order valence-corrected chi connectivity index (χ1v) is 13.2. The fraction of sp³-hybridized carbons (Fsp3) is 0.429. The van der Waals surface area contributed by atoms with Gasteiger partial charge in [0, 0.05) is 25.1 Å². The summed E-state index contributed by atoms with van der Waals surface area (Å²) in [4.78, 5) is 22.0. The topological polar surface area (TPSA) is 154 Å². The van der Waals surface area contributed by atoms with Crippen molar-refractivity contribution in [3.63, 3.8) is 0 Å². The van der Waals surface area contributed by atoms with Crippen molar-refractivity contribution in [3.8, 4) is 17.5 Å². The molecule has 0 aromatic carbocycles. The summed E-state index contributed by atoms with van der Waals surface area (Å²) in [5.74, 6) is 0.987. The second kappa shape index (κ2) is 11.0. The van der Waals surface area contributed by atoms with Gasteiger partial charge in [-0.1, -0.05) is 5.16 Å². The van der Waals surface area contributed by atoms with Crippen molar-refractivity contribution < 1.29 is 18.8 Å². The maximum atomic E-state index is 14.3. The largest absolute Gasteiger partial charge is 0.387 e. The first-order chi connectivity index (χ1) is 19.1. The molecule has 0 unspecified atom stereocenters. The number of amides is 1. The van der Waals surface area contributed by atoms with E-state index in [1.807, 2.05) is 12.1 Å². The molecule has 12 heteroatoms. The summed E-state index contributed by atoms with van der Waals surface area (Å²) in [5.41, 5.74) is 1.70. The van der Waals surface area contributed by atoms with Crippen LogP contribution in [0.1, 0.15) is 73.1 Å². The Hall–Kier alpha value is -4.37. The average molecular weight is 547 g/mol. The Labute approximate surface area is 230 Å². The van der Waals surface area contributed by atoms with Crippen LogP contribution in [0.5, 0.6) is 0 Å². The lowest BCUT2D eigenvalue weighted by Gasteiger charge is -2.29. The van der Waals surface area contributed by atoms with Gasteiger partial charge in [-0.05, 0) is 63.8 Å². The fourth-order valence-corrected chi connectivity index (χ4v) is 4.87. The number of carbonyl (C=O) groups excluding carboxylic acids is 1.